The van der Waals surface area contributed by atoms with Crippen LogP contribution in [-0.4, -0.2) is 28.6 Å². The molecule has 164 valence electrons. The van der Waals surface area contributed by atoms with Crippen LogP contribution >= 0.6 is 0 Å². The fourth-order valence-electron chi connectivity index (χ4n) is 3.38. The van der Waals surface area contributed by atoms with Gasteiger partial charge in [0, 0.05) is 35.5 Å². The summed E-state index contributed by atoms with van der Waals surface area (Å²) in [6.45, 7) is 1.44. The molecule has 1 heterocycles. The van der Waals surface area contributed by atoms with Crippen molar-refractivity contribution in [2.75, 3.05) is 12.4 Å². The normalized spacial score (nSPS) is 10.8. The molecular weight excluding hydrogens is 414 g/mol. The van der Waals surface area contributed by atoms with Gasteiger partial charge >= 0.3 is 0 Å². The van der Waals surface area contributed by atoms with Gasteiger partial charge in [-0.1, -0.05) is 18.2 Å². The standard InChI is InChI=1S/C27H23N3O3/c1-19(31)28-23-13-8-20(9-14-23)26(32)17-12-22-18-30(24-6-4-3-5-7-24)29-27(22)21-10-15-25(33-2)16-11-21/h3-18H,1-2H3,(H,28,31)/b17-12+. The van der Waals surface area contributed by atoms with E-state index in [1.165, 1.54) is 13.0 Å². The molecule has 0 atom stereocenters. The lowest BCUT2D eigenvalue weighted by molar-refractivity contribution is -0.114. The molecule has 6 nitrogen and oxygen atoms in total. The first-order valence-corrected chi connectivity index (χ1v) is 10.4. The molecule has 0 saturated carbocycles. The number of nitrogens with zero attached hydrogens (tertiary/aromatic N) is 2. The molecule has 4 rings (SSSR count). The third-order valence-electron chi connectivity index (χ3n) is 5.03. The van der Waals surface area contributed by atoms with Crippen LogP contribution in [0.2, 0.25) is 0 Å². The average molecular weight is 437 g/mol. The summed E-state index contributed by atoms with van der Waals surface area (Å²) < 4.78 is 7.06. The van der Waals surface area contributed by atoms with Crippen LogP contribution in [0.4, 0.5) is 5.69 Å². The van der Waals surface area contributed by atoms with Crippen LogP contribution in [0, 0.1) is 0 Å². The van der Waals surface area contributed by atoms with Gasteiger partial charge in [-0.25, -0.2) is 4.68 Å². The highest BCUT2D eigenvalue weighted by Crippen LogP contribution is 2.27. The third kappa shape index (κ3) is 5.25. The maximum absolute atomic E-state index is 12.7. The highest BCUT2D eigenvalue weighted by molar-refractivity contribution is 6.07. The van der Waals surface area contributed by atoms with Crippen molar-refractivity contribution in [3.05, 3.63) is 102 Å². The number of ketones is 1. The first-order chi connectivity index (χ1) is 16.0. The summed E-state index contributed by atoms with van der Waals surface area (Å²) in [5.41, 5.74) is 4.58. The Morgan fingerprint density at radius 3 is 2.27 bits per heavy atom. The summed E-state index contributed by atoms with van der Waals surface area (Å²) in [5.74, 6) is 0.462. The molecule has 1 N–H and O–H groups in total. The molecule has 3 aromatic carbocycles. The Hall–Kier alpha value is -4.45. The topological polar surface area (TPSA) is 73.2 Å². The molecule has 0 aliphatic carbocycles. The number of hydrogen-bond acceptors (Lipinski definition) is 4. The minimum atomic E-state index is -0.157. The molecule has 1 aromatic heterocycles. The van der Waals surface area contributed by atoms with Crippen LogP contribution in [0.5, 0.6) is 5.75 Å². The van der Waals surface area contributed by atoms with Crippen LogP contribution in [0.15, 0.2) is 91.1 Å². The van der Waals surface area contributed by atoms with Crippen molar-refractivity contribution in [1.82, 2.24) is 9.78 Å². The van der Waals surface area contributed by atoms with Gasteiger partial charge < -0.3 is 10.1 Å². The molecule has 0 aliphatic rings. The van der Waals surface area contributed by atoms with Gasteiger partial charge in [0.25, 0.3) is 0 Å². The molecule has 0 radical (unpaired) electrons. The molecule has 0 spiro atoms. The van der Waals surface area contributed by atoms with Crippen molar-refractivity contribution in [1.29, 1.82) is 0 Å². The van der Waals surface area contributed by atoms with Crippen LogP contribution in [0.3, 0.4) is 0 Å². The summed E-state index contributed by atoms with van der Waals surface area (Å²) in [6.07, 6.45) is 5.21. The van der Waals surface area contributed by atoms with E-state index in [0.29, 0.717) is 11.3 Å². The predicted molar refractivity (Wildman–Crippen MR) is 130 cm³/mol. The van der Waals surface area contributed by atoms with Crippen molar-refractivity contribution < 1.29 is 14.3 Å². The van der Waals surface area contributed by atoms with Gasteiger partial charge in [-0.15, -0.1) is 0 Å². The van der Waals surface area contributed by atoms with E-state index in [1.807, 2.05) is 60.8 Å². The van der Waals surface area contributed by atoms with E-state index < -0.39 is 0 Å². The number of hydrogen-bond donors (Lipinski definition) is 1. The van der Waals surface area contributed by atoms with Crippen molar-refractivity contribution in [2.45, 2.75) is 6.92 Å². The molecule has 4 aromatic rings. The molecule has 0 fully saturated rings. The monoisotopic (exact) mass is 437 g/mol. The second-order valence-electron chi connectivity index (χ2n) is 7.40. The molecule has 0 bridgehead atoms. The molecule has 0 saturated heterocycles. The lowest BCUT2D eigenvalue weighted by Crippen LogP contribution is -2.05. The maximum atomic E-state index is 12.7. The minimum absolute atomic E-state index is 0.141. The van der Waals surface area contributed by atoms with Crippen molar-refractivity contribution in [3.63, 3.8) is 0 Å². The summed E-state index contributed by atoms with van der Waals surface area (Å²) in [5, 5.41) is 7.46. The first kappa shape index (κ1) is 21.8. The number of anilines is 1. The van der Waals surface area contributed by atoms with E-state index in [9.17, 15) is 9.59 Å². The Balaban J connectivity index is 1.65. The van der Waals surface area contributed by atoms with E-state index >= 15 is 0 Å². The van der Waals surface area contributed by atoms with Crippen LogP contribution < -0.4 is 10.1 Å². The fourth-order valence-corrected chi connectivity index (χ4v) is 3.38. The van der Waals surface area contributed by atoms with Gasteiger partial charge in [0.15, 0.2) is 5.78 Å². The Morgan fingerprint density at radius 2 is 1.64 bits per heavy atom. The van der Waals surface area contributed by atoms with E-state index in [1.54, 1.807) is 42.1 Å². The van der Waals surface area contributed by atoms with Gasteiger partial charge in [-0.2, -0.15) is 5.10 Å². The van der Waals surface area contributed by atoms with E-state index in [2.05, 4.69) is 5.32 Å². The van der Waals surface area contributed by atoms with E-state index in [4.69, 9.17) is 9.84 Å². The predicted octanol–water partition coefficient (Wildman–Crippen LogP) is 5.40. The summed E-state index contributed by atoms with van der Waals surface area (Å²) >= 11 is 0. The first-order valence-electron chi connectivity index (χ1n) is 10.4. The zero-order chi connectivity index (χ0) is 23.2. The lowest BCUT2D eigenvalue weighted by atomic mass is 10.1. The van der Waals surface area contributed by atoms with Crippen LogP contribution in [-0.2, 0) is 4.79 Å². The number of carbonyl (C=O) groups is 2. The number of methoxy groups -OCH3 is 1. The number of aromatic nitrogens is 2. The Morgan fingerprint density at radius 1 is 0.939 bits per heavy atom. The third-order valence-corrected chi connectivity index (χ3v) is 5.03. The summed E-state index contributed by atoms with van der Waals surface area (Å²) in [6, 6.07) is 24.2. The van der Waals surface area contributed by atoms with Crippen LogP contribution in [0.1, 0.15) is 22.8 Å². The zero-order valence-electron chi connectivity index (χ0n) is 18.4. The number of amides is 1. The van der Waals surface area contributed by atoms with Crippen molar-refractivity contribution in [3.8, 4) is 22.7 Å². The summed E-state index contributed by atoms with van der Waals surface area (Å²) in [4.78, 5) is 23.9. The molecule has 1 amide bonds. The number of benzene rings is 3. The molecule has 33 heavy (non-hydrogen) atoms. The molecule has 0 aliphatic heterocycles. The fraction of sp³-hybridized carbons (Fsp3) is 0.0741. The molecule has 6 heteroatoms. The smallest absolute Gasteiger partial charge is 0.221 e. The van der Waals surface area contributed by atoms with E-state index in [-0.39, 0.29) is 11.7 Å². The van der Waals surface area contributed by atoms with Gasteiger partial charge in [-0.05, 0) is 72.8 Å². The summed E-state index contributed by atoms with van der Waals surface area (Å²) in [7, 11) is 1.63. The van der Waals surface area contributed by atoms with Gasteiger partial charge in [0.05, 0.1) is 18.5 Å². The number of para-hydroxylation sites is 1. The second kappa shape index (κ2) is 9.78. The zero-order valence-corrected chi connectivity index (χ0v) is 18.4. The lowest BCUT2D eigenvalue weighted by Gasteiger charge is -2.03. The number of allylic oxidation sites excluding steroid dienone is 1. The van der Waals surface area contributed by atoms with Gasteiger partial charge in [0.2, 0.25) is 5.91 Å². The molecule has 0 unspecified atom stereocenters. The van der Waals surface area contributed by atoms with Crippen molar-refractivity contribution in [2.24, 2.45) is 0 Å². The SMILES string of the molecule is COc1ccc(-c2nn(-c3ccccc3)cc2/C=C/C(=O)c2ccc(NC(C)=O)cc2)cc1. The van der Waals surface area contributed by atoms with Crippen molar-refractivity contribution >= 4 is 23.5 Å². The minimum Gasteiger partial charge on any atom is -0.497 e. The quantitative estimate of drug-likeness (QED) is 0.310. The Kier molecular flexibility index (Phi) is 6.45. The highest BCUT2D eigenvalue weighted by Gasteiger charge is 2.12. The number of carbonyl (C=O) groups excluding carboxylic acids is 2. The largest absolute Gasteiger partial charge is 0.497 e. The van der Waals surface area contributed by atoms with Crippen LogP contribution in [0.25, 0.3) is 23.0 Å². The number of ether oxygens (including phenoxy) is 1. The van der Waals surface area contributed by atoms with Gasteiger partial charge in [0.1, 0.15) is 5.75 Å². The average Bonchev–Trinajstić information content (AvgIpc) is 3.27. The molecular formula is C27H23N3O3. The van der Waals surface area contributed by atoms with E-state index in [0.717, 1.165) is 28.3 Å². The number of rotatable bonds is 7. The maximum Gasteiger partial charge on any atom is 0.221 e. The second-order valence-corrected chi connectivity index (χ2v) is 7.40. The Bertz CT molecular complexity index is 1290. The Labute approximate surface area is 192 Å². The van der Waals surface area contributed by atoms with Gasteiger partial charge in [-0.3, -0.25) is 9.59 Å². The highest BCUT2D eigenvalue weighted by atomic mass is 16.5. The number of nitrogens with one attached hydrogen (secondary N) is 1.